The van der Waals surface area contributed by atoms with Crippen LogP contribution in [0.25, 0.3) is 0 Å². The van der Waals surface area contributed by atoms with Crippen molar-refractivity contribution in [3.63, 3.8) is 0 Å². The molecule has 1 unspecified atom stereocenters. The van der Waals surface area contributed by atoms with Gasteiger partial charge in [0.25, 0.3) is 0 Å². The summed E-state index contributed by atoms with van der Waals surface area (Å²) in [5, 5.41) is 5.00. The lowest BCUT2D eigenvalue weighted by Crippen LogP contribution is -2.19. The minimum atomic E-state index is -4.10. The van der Waals surface area contributed by atoms with Crippen molar-refractivity contribution in [2.24, 2.45) is 5.14 Å². The maximum atomic E-state index is 13.5. The van der Waals surface area contributed by atoms with E-state index in [-0.39, 0.29) is 17.2 Å². The lowest BCUT2D eigenvalue weighted by molar-refractivity contribution is 0.0321. The van der Waals surface area contributed by atoms with Crippen molar-refractivity contribution in [2.75, 3.05) is 0 Å². The van der Waals surface area contributed by atoms with Crippen molar-refractivity contribution >= 4 is 16.0 Å². The number of ether oxygens (including phenoxy) is 1. The van der Waals surface area contributed by atoms with Crippen molar-refractivity contribution < 1.29 is 22.3 Å². The van der Waals surface area contributed by atoms with Crippen LogP contribution in [0.2, 0.25) is 0 Å². The zero-order chi connectivity index (χ0) is 15.5. The highest BCUT2D eigenvalue weighted by molar-refractivity contribution is 7.89. The first-order valence-electron chi connectivity index (χ1n) is 6.20. The molecule has 1 aromatic carbocycles. The minimum Gasteiger partial charge on any atom is -0.459 e. The number of halogens is 1. The SMILES string of the molecule is CCCC(C)OC(=O)c1cc(F)cc(S(N)(=O)=O)c1C. The van der Waals surface area contributed by atoms with Crippen molar-refractivity contribution in [3.05, 3.63) is 29.1 Å². The lowest BCUT2D eigenvalue weighted by Gasteiger charge is -2.14. The topological polar surface area (TPSA) is 86.5 Å². The Balaban J connectivity index is 3.19. The van der Waals surface area contributed by atoms with E-state index in [1.54, 1.807) is 6.92 Å². The Kier molecular flexibility index (Phi) is 5.24. The molecule has 1 atom stereocenters. The van der Waals surface area contributed by atoms with Crippen molar-refractivity contribution in [3.8, 4) is 0 Å². The summed E-state index contributed by atoms with van der Waals surface area (Å²) in [6.07, 6.45) is 1.18. The molecule has 2 N–H and O–H groups in total. The largest absolute Gasteiger partial charge is 0.459 e. The number of nitrogens with two attached hydrogens (primary N) is 1. The fourth-order valence-corrected chi connectivity index (χ4v) is 2.69. The fourth-order valence-electron chi connectivity index (χ4n) is 1.87. The number of hydrogen-bond acceptors (Lipinski definition) is 4. The van der Waals surface area contributed by atoms with E-state index in [0.717, 1.165) is 18.6 Å². The molecule has 1 aromatic rings. The van der Waals surface area contributed by atoms with Gasteiger partial charge >= 0.3 is 5.97 Å². The highest BCUT2D eigenvalue weighted by Crippen LogP contribution is 2.21. The smallest absolute Gasteiger partial charge is 0.338 e. The van der Waals surface area contributed by atoms with Gasteiger partial charge in [0.15, 0.2) is 0 Å². The third kappa shape index (κ3) is 4.01. The first kappa shape index (κ1) is 16.6. The molecule has 0 aliphatic carbocycles. The maximum Gasteiger partial charge on any atom is 0.338 e. The monoisotopic (exact) mass is 303 g/mol. The van der Waals surface area contributed by atoms with Gasteiger partial charge in [-0.25, -0.2) is 22.7 Å². The summed E-state index contributed by atoms with van der Waals surface area (Å²) in [6.45, 7) is 5.05. The van der Waals surface area contributed by atoms with Crippen LogP contribution >= 0.6 is 0 Å². The van der Waals surface area contributed by atoms with E-state index in [1.165, 1.54) is 6.92 Å². The number of sulfonamides is 1. The Hall–Kier alpha value is -1.47. The molecule has 0 aliphatic heterocycles. The van der Waals surface area contributed by atoms with Crippen molar-refractivity contribution in [1.29, 1.82) is 0 Å². The third-order valence-electron chi connectivity index (χ3n) is 2.85. The van der Waals surface area contributed by atoms with E-state index in [0.29, 0.717) is 6.42 Å². The molecule has 1 rings (SSSR count). The second-order valence-electron chi connectivity index (χ2n) is 4.63. The standard InChI is InChI=1S/C13H18FNO4S/c1-4-5-8(2)19-13(16)11-6-10(14)7-12(9(11)3)20(15,17)18/h6-8H,4-5H2,1-3H3,(H2,15,17,18). The van der Waals surface area contributed by atoms with Gasteiger partial charge in [-0.1, -0.05) is 13.3 Å². The number of carbonyl (C=O) groups excluding carboxylic acids is 1. The molecule has 7 heteroatoms. The number of hydrogen-bond donors (Lipinski definition) is 1. The Morgan fingerprint density at radius 2 is 2.05 bits per heavy atom. The summed E-state index contributed by atoms with van der Waals surface area (Å²) in [6, 6.07) is 1.74. The molecule has 0 aliphatic rings. The van der Waals surface area contributed by atoms with Gasteiger partial charge in [-0.15, -0.1) is 0 Å². The molecule has 0 saturated carbocycles. The van der Waals surface area contributed by atoms with Gasteiger partial charge in [0, 0.05) is 0 Å². The maximum absolute atomic E-state index is 13.5. The van der Waals surface area contributed by atoms with Crippen LogP contribution in [0.15, 0.2) is 17.0 Å². The first-order valence-corrected chi connectivity index (χ1v) is 7.75. The molecule has 0 amide bonds. The predicted octanol–water partition coefficient (Wildman–Crippen LogP) is 2.13. The summed E-state index contributed by atoms with van der Waals surface area (Å²) in [4.78, 5) is 11.5. The molecule has 0 aromatic heterocycles. The van der Waals surface area contributed by atoms with Crippen molar-refractivity contribution in [2.45, 2.75) is 44.6 Å². The van der Waals surface area contributed by atoms with Crippen molar-refractivity contribution in [1.82, 2.24) is 0 Å². The van der Waals surface area contributed by atoms with Crippen LogP contribution in [-0.2, 0) is 14.8 Å². The molecule has 5 nitrogen and oxygen atoms in total. The second-order valence-corrected chi connectivity index (χ2v) is 6.16. The zero-order valence-corrected chi connectivity index (χ0v) is 12.5. The zero-order valence-electron chi connectivity index (χ0n) is 11.6. The Labute approximate surface area is 118 Å². The predicted molar refractivity (Wildman–Crippen MR) is 72.3 cm³/mol. The summed E-state index contributed by atoms with van der Waals surface area (Å²) in [5.74, 6) is -1.61. The van der Waals surface area contributed by atoms with Gasteiger partial charge in [0.1, 0.15) is 5.82 Å². The number of benzene rings is 1. The quantitative estimate of drug-likeness (QED) is 0.844. The second kappa shape index (κ2) is 6.32. The van der Waals surface area contributed by atoms with Gasteiger partial charge in [0.05, 0.1) is 16.6 Å². The van der Waals surface area contributed by atoms with Gasteiger partial charge in [-0.2, -0.15) is 0 Å². The van der Waals surface area contributed by atoms with E-state index in [4.69, 9.17) is 9.88 Å². The molecular weight excluding hydrogens is 285 g/mol. The molecule has 0 fully saturated rings. The van der Waals surface area contributed by atoms with Crippen LogP contribution < -0.4 is 5.14 Å². The van der Waals surface area contributed by atoms with E-state index in [9.17, 15) is 17.6 Å². The summed E-state index contributed by atoms with van der Waals surface area (Å²) in [5.41, 5.74) is -0.0421. The highest BCUT2D eigenvalue weighted by atomic mass is 32.2. The molecule has 20 heavy (non-hydrogen) atoms. The fraction of sp³-hybridized carbons (Fsp3) is 0.462. The van der Waals surface area contributed by atoms with Crippen LogP contribution in [-0.4, -0.2) is 20.5 Å². The summed E-state index contributed by atoms with van der Waals surface area (Å²) in [7, 11) is -4.10. The van der Waals surface area contributed by atoms with Crippen LogP contribution in [0.5, 0.6) is 0 Å². The summed E-state index contributed by atoms with van der Waals surface area (Å²) < 4.78 is 41.3. The normalized spacial score (nSPS) is 13.1. The van der Waals surface area contributed by atoms with E-state index >= 15 is 0 Å². The lowest BCUT2D eigenvalue weighted by atomic mass is 10.1. The van der Waals surface area contributed by atoms with Crippen LogP contribution in [0.4, 0.5) is 4.39 Å². The van der Waals surface area contributed by atoms with Crippen LogP contribution in [0.3, 0.4) is 0 Å². The Bertz CT molecular complexity index is 613. The van der Waals surface area contributed by atoms with E-state index in [1.807, 2.05) is 6.92 Å². The number of carbonyl (C=O) groups is 1. The van der Waals surface area contributed by atoms with Gasteiger partial charge < -0.3 is 4.74 Å². The average Bonchev–Trinajstić information content (AvgIpc) is 2.30. The molecular formula is C13H18FNO4S. The van der Waals surface area contributed by atoms with Crippen LogP contribution in [0, 0.1) is 12.7 Å². The average molecular weight is 303 g/mol. The molecule has 0 bridgehead atoms. The highest BCUT2D eigenvalue weighted by Gasteiger charge is 2.22. The van der Waals surface area contributed by atoms with Gasteiger partial charge in [0.2, 0.25) is 10.0 Å². The molecule has 0 heterocycles. The van der Waals surface area contributed by atoms with E-state index < -0.39 is 26.7 Å². The molecule has 0 spiro atoms. The van der Waals surface area contributed by atoms with Crippen LogP contribution in [0.1, 0.15) is 42.6 Å². The molecule has 112 valence electrons. The Morgan fingerprint density at radius 3 is 2.55 bits per heavy atom. The number of primary sulfonamides is 1. The summed E-state index contributed by atoms with van der Waals surface area (Å²) >= 11 is 0. The Morgan fingerprint density at radius 1 is 1.45 bits per heavy atom. The van der Waals surface area contributed by atoms with Gasteiger partial charge in [-0.05, 0) is 38.0 Å². The van der Waals surface area contributed by atoms with E-state index in [2.05, 4.69) is 0 Å². The molecule has 0 radical (unpaired) electrons. The first-order chi connectivity index (χ1) is 9.16. The van der Waals surface area contributed by atoms with Gasteiger partial charge in [-0.3, -0.25) is 0 Å². The number of esters is 1. The number of rotatable bonds is 5. The minimum absolute atomic E-state index is 0.0857. The third-order valence-corrected chi connectivity index (χ3v) is 3.89. The molecule has 0 saturated heterocycles.